The van der Waals surface area contributed by atoms with Crippen molar-refractivity contribution in [3.63, 3.8) is 0 Å². The minimum absolute atomic E-state index is 0.0424. The number of carbonyl (C=O) groups is 1. The van der Waals surface area contributed by atoms with E-state index < -0.39 is 0 Å². The van der Waals surface area contributed by atoms with Gasteiger partial charge in [-0.2, -0.15) is 0 Å². The van der Waals surface area contributed by atoms with E-state index in [2.05, 4.69) is 54.8 Å². The Morgan fingerprint density at radius 3 is 2.44 bits per heavy atom. The van der Waals surface area contributed by atoms with Crippen molar-refractivity contribution in [3.05, 3.63) is 52.4 Å². The fourth-order valence-electron chi connectivity index (χ4n) is 4.47. The van der Waals surface area contributed by atoms with Crippen LogP contribution in [0.2, 0.25) is 0 Å². The monoisotopic (exact) mass is 454 g/mol. The lowest BCUT2D eigenvalue weighted by Gasteiger charge is -2.36. The van der Waals surface area contributed by atoms with Crippen LogP contribution in [0.4, 0.5) is 10.2 Å². The summed E-state index contributed by atoms with van der Waals surface area (Å²) in [5.74, 6) is 0.744. The zero-order valence-corrected chi connectivity index (χ0v) is 20.2. The van der Waals surface area contributed by atoms with Gasteiger partial charge in [0.15, 0.2) is 0 Å². The molecule has 1 N–H and O–H groups in total. The lowest BCUT2D eigenvalue weighted by molar-refractivity contribution is -0.127. The van der Waals surface area contributed by atoms with Crippen LogP contribution in [-0.4, -0.2) is 29.0 Å². The number of fused-ring (bicyclic) bond motifs is 1. The van der Waals surface area contributed by atoms with Gasteiger partial charge in [-0.05, 0) is 55.4 Å². The number of nitrogens with one attached hydrogen (secondary N) is 1. The number of benzene rings is 1. The van der Waals surface area contributed by atoms with Crippen molar-refractivity contribution in [3.8, 4) is 0 Å². The average molecular weight is 455 g/mol. The average Bonchev–Trinajstić information content (AvgIpc) is 3.06. The van der Waals surface area contributed by atoms with Gasteiger partial charge in [-0.3, -0.25) is 4.79 Å². The van der Waals surface area contributed by atoms with Crippen LogP contribution in [0.3, 0.4) is 0 Å². The molecule has 0 radical (unpaired) electrons. The molecule has 0 aliphatic carbocycles. The number of thiophene rings is 1. The lowest BCUT2D eigenvalue weighted by Crippen LogP contribution is -2.44. The molecule has 5 nitrogen and oxygen atoms in total. The number of aromatic nitrogens is 2. The molecule has 7 heteroatoms. The summed E-state index contributed by atoms with van der Waals surface area (Å²) in [5, 5.41) is 4.40. The summed E-state index contributed by atoms with van der Waals surface area (Å²) < 4.78 is 13.4. The fraction of sp³-hybridized carbons (Fsp3) is 0.480. The molecule has 0 spiro atoms. The standard InChI is InChI=1S/C25H31FN4OS/c1-15-16(2)32-24-20(15)22(27-14-28-24)30-12-10-18(11-13-30)23(31)29-21(25(3,4)5)17-6-8-19(26)9-7-17/h6-9,14,18,21H,10-13H2,1-5H3,(H,29,31). The highest BCUT2D eigenvalue weighted by Crippen LogP contribution is 2.36. The maximum Gasteiger partial charge on any atom is 0.223 e. The number of carbonyl (C=O) groups excluding carboxylic acids is 1. The molecule has 1 amide bonds. The van der Waals surface area contributed by atoms with Crippen LogP contribution in [-0.2, 0) is 4.79 Å². The number of aryl methyl sites for hydroxylation is 2. The second-order valence-electron chi connectivity index (χ2n) is 9.78. The van der Waals surface area contributed by atoms with E-state index in [0.717, 1.165) is 47.5 Å². The summed E-state index contributed by atoms with van der Waals surface area (Å²) in [6.07, 6.45) is 3.20. The van der Waals surface area contributed by atoms with E-state index in [-0.39, 0.29) is 29.1 Å². The molecule has 4 rings (SSSR count). The van der Waals surface area contributed by atoms with Crippen molar-refractivity contribution in [1.82, 2.24) is 15.3 Å². The largest absolute Gasteiger partial charge is 0.356 e. The van der Waals surface area contributed by atoms with Crippen molar-refractivity contribution in [2.45, 2.75) is 53.5 Å². The summed E-state index contributed by atoms with van der Waals surface area (Å²) in [6.45, 7) is 12.1. The number of piperidine rings is 1. The first-order valence-corrected chi connectivity index (χ1v) is 12.0. The van der Waals surface area contributed by atoms with Gasteiger partial charge < -0.3 is 10.2 Å². The van der Waals surface area contributed by atoms with E-state index in [4.69, 9.17) is 0 Å². The van der Waals surface area contributed by atoms with Gasteiger partial charge in [-0.1, -0.05) is 32.9 Å². The molecule has 1 unspecified atom stereocenters. The number of anilines is 1. The van der Waals surface area contributed by atoms with Crippen molar-refractivity contribution in [1.29, 1.82) is 0 Å². The van der Waals surface area contributed by atoms with Crippen LogP contribution in [0.5, 0.6) is 0 Å². The Balaban J connectivity index is 1.46. The topological polar surface area (TPSA) is 58.1 Å². The van der Waals surface area contributed by atoms with Gasteiger partial charge >= 0.3 is 0 Å². The lowest BCUT2D eigenvalue weighted by atomic mass is 9.81. The molecule has 1 saturated heterocycles. The van der Waals surface area contributed by atoms with Gasteiger partial charge in [0.2, 0.25) is 5.91 Å². The number of nitrogens with zero attached hydrogens (tertiary/aromatic N) is 3. The Labute approximate surface area is 193 Å². The minimum atomic E-state index is -0.269. The molecule has 1 atom stereocenters. The molecule has 1 aliphatic rings. The van der Waals surface area contributed by atoms with E-state index in [1.165, 1.54) is 22.6 Å². The van der Waals surface area contributed by atoms with E-state index >= 15 is 0 Å². The predicted molar refractivity (Wildman–Crippen MR) is 129 cm³/mol. The normalized spacial score (nSPS) is 16.4. The Bertz CT molecular complexity index is 1110. The minimum Gasteiger partial charge on any atom is -0.356 e. The fourth-order valence-corrected chi connectivity index (χ4v) is 5.46. The molecule has 1 aliphatic heterocycles. The summed E-state index contributed by atoms with van der Waals surface area (Å²) in [4.78, 5) is 26.8. The smallest absolute Gasteiger partial charge is 0.223 e. The van der Waals surface area contributed by atoms with Gasteiger partial charge in [-0.25, -0.2) is 14.4 Å². The van der Waals surface area contributed by atoms with E-state index in [1.54, 1.807) is 29.8 Å². The van der Waals surface area contributed by atoms with Crippen LogP contribution < -0.4 is 10.2 Å². The third kappa shape index (κ3) is 4.49. The van der Waals surface area contributed by atoms with Crippen LogP contribution in [0.15, 0.2) is 30.6 Å². The predicted octanol–water partition coefficient (Wildman–Crippen LogP) is 5.57. The Hall–Kier alpha value is -2.54. The number of rotatable bonds is 4. The quantitative estimate of drug-likeness (QED) is 0.560. The van der Waals surface area contributed by atoms with Gasteiger partial charge in [0.05, 0.1) is 11.4 Å². The number of hydrogen-bond acceptors (Lipinski definition) is 5. The van der Waals surface area contributed by atoms with Gasteiger partial charge in [0.25, 0.3) is 0 Å². The summed E-state index contributed by atoms with van der Waals surface area (Å²) in [7, 11) is 0. The molecule has 170 valence electrons. The molecule has 1 aromatic carbocycles. The third-order valence-electron chi connectivity index (χ3n) is 6.47. The van der Waals surface area contributed by atoms with Crippen molar-refractivity contribution < 1.29 is 9.18 Å². The SMILES string of the molecule is Cc1sc2ncnc(N3CCC(C(=O)NC(c4ccc(F)cc4)C(C)(C)C)CC3)c2c1C. The first-order valence-electron chi connectivity index (χ1n) is 11.2. The van der Waals surface area contributed by atoms with Gasteiger partial charge in [0, 0.05) is 23.9 Å². The number of hydrogen-bond donors (Lipinski definition) is 1. The van der Waals surface area contributed by atoms with E-state index in [1.807, 2.05) is 0 Å². The van der Waals surface area contributed by atoms with Crippen LogP contribution >= 0.6 is 11.3 Å². The Morgan fingerprint density at radius 2 is 1.81 bits per heavy atom. The molecule has 3 aromatic rings. The highest BCUT2D eigenvalue weighted by Gasteiger charge is 2.32. The first kappa shape index (κ1) is 22.6. The molecular weight excluding hydrogens is 423 g/mol. The maximum atomic E-state index is 13.4. The molecule has 3 heterocycles. The molecular formula is C25H31FN4OS. The highest BCUT2D eigenvalue weighted by atomic mass is 32.1. The van der Waals surface area contributed by atoms with Crippen LogP contribution in [0.1, 0.15) is 55.7 Å². The van der Waals surface area contributed by atoms with Crippen LogP contribution in [0.25, 0.3) is 10.2 Å². The number of amides is 1. The Kier molecular flexibility index (Phi) is 6.21. The number of halogens is 1. The molecule has 0 bridgehead atoms. The van der Waals surface area contributed by atoms with Crippen LogP contribution in [0, 0.1) is 31.0 Å². The van der Waals surface area contributed by atoms with E-state index in [0.29, 0.717) is 0 Å². The molecule has 1 fully saturated rings. The zero-order valence-electron chi connectivity index (χ0n) is 19.4. The highest BCUT2D eigenvalue weighted by molar-refractivity contribution is 7.18. The second kappa shape index (κ2) is 8.77. The van der Waals surface area contributed by atoms with Crippen molar-refractivity contribution in [2.24, 2.45) is 11.3 Å². The maximum absolute atomic E-state index is 13.4. The van der Waals surface area contributed by atoms with E-state index in [9.17, 15) is 9.18 Å². The Morgan fingerprint density at radius 1 is 1.16 bits per heavy atom. The summed E-state index contributed by atoms with van der Waals surface area (Å²) >= 11 is 1.70. The second-order valence-corrected chi connectivity index (χ2v) is 11.0. The summed E-state index contributed by atoms with van der Waals surface area (Å²) in [6, 6.07) is 6.26. The molecule has 0 saturated carbocycles. The molecule has 32 heavy (non-hydrogen) atoms. The van der Waals surface area contributed by atoms with Crippen molar-refractivity contribution >= 4 is 33.3 Å². The zero-order chi connectivity index (χ0) is 23.0. The van der Waals surface area contributed by atoms with Crippen molar-refractivity contribution in [2.75, 3.05) is 18.0 Å². The third-order valence-corrected chi connectivity index (χ3v) is 7.58. The summed E-state index contributed by atoms with van der Waals surface area (Å²) in [5.41, 5.74) is 1.99. The van der Waals surface area contributed by atoms with Gasteiger partial charge in [0.1, 0.15) is 22.8 Å². The molecule has 2 aromatic heterocycles. The first-order chi connectivity index (χ1) is 15.1. The van der Waals surface area contributed by atoms with Gasteiger partial charge in [-0.15, -0.1) is 11.3 Å².